The van der Waals surface area contributed by atoms with Gasteiger partial charge in [-0.2, -0.15) is 0 Å². The smallest absolute Gasteiger partial charge is 0.152 e. The van der Waals surface area contributed by atoms with Crippen molar-refractivity contribution < 1.29 is 25.2 Å². The van der Waals surface area contributed by atoms with Crippen LogP contribution in [0.3, 0.4) is 0 Å². The lowest BCUT2D eigenvalue weighted by atomic mass is 10.2. The van der Waals surface area contributed by atoms with Gasteiger partial charge < -0.3 is 25.2 Å². The van der Waals surface area contributed by atoms with E-state index in [1.165, 1.54) is 6.92 Å². The molecule has 0 aromatic carbocycles. The van der Waals surface area contributed by atoms with E-state index in [1.807, 2.05) is 0 Å². The van der Waals surface area contributed by atoms with E-state index >= 15 is 0 Å². The SMILES string of the molecule is CC(O)OC(CO)[C@H](O)CO. The molecular weight excluding hydrogens is 152 g/mol. The van der Waals surface area contributed by atoms with Crippen molar-refractivity contribution in [3.05, 3.63) is 0 Å². The summed E-state index contributed by atoms with van der Waals surface area (Å²) in [6, 6.07) is 0. The van der Waals surface area contributed by atoms with Crippen molar-refractivity contribution in [3.63, 3.8) is 0 Å². The zero-order valence-electron chi connectivity index (χ0n) is 6.34. The Labute approximate surface area is 64.9 Å². The first kappa shape index (κ1) is 10.8. The summed E-state index contributed by atoms with van der Waals surface area (Å²) in [7, 11) is 0. The predicted octanol–water partition coefficient (Wildman–Crippen LogP) is -1.94. The van der Waals surface area contributed by atoms with Crippen LogP contribution < -0.4 is 0 Å². The molecule has 4 N–H and O–H groups in total. The first-order valence-corrected chi connectivity index (χ1v) is 3.35. The number of aliphatic hydroxyl groups is 4. The minimum absolute atomic E-state index is 0.438. The Bertz CT molecular complexity index is 95.0. The van der Waals surface area contributed by atoms with Crippen LogP contribution in [-0.2, 0) is 4.74 Å². The number of aliphatic hydroxyl groups excluding tert-OH is 4. The molecule has 0 heterocycles. The van der Waals surface area contributed by atoms with Crippen molar-refractivity contribution in [3.8, 4) is 0 Å². The van der Waals surface area contributed by atoms with Crippen LogP contribution in [0.1, 0.15) is 6.92 Å². The third-order valence-electron chi connectivity index (χ3n) is 1.17. The van der Waals surface area contributed by atoms with Gasteiger partial charge in [0.2, 0.25) is 0 Å². The molecular formula is C6H14O5. The van der Waals surface area contributed by atoms with Gasteiger partial charge in [-0.05, 0) is 6.92 Å². The third kappa shape index (κ3) is 4.28. The molecule has 0 rings (SSSR count). The average Bonchev–Trinajstić information content (AvgIpc) is 1.98. The van der Waals surface area contributed by atoms with Gasteiger partial charge in [-0.25, -0.2) is 0 Å². The first-order chi connectivity index (χ1) is 5.11. The highest BCUT2D eigenvalue weighted by Crippen LogP contribution is 2.00. The normalized spacial score (nSPS) is 19.4. The van der Waals surface area contributed by atoms with Gasteiger partial charge in [0.25, 0.3) is 0 Å². The van der Waals surface area contributed by atoms with Gasteiger partial charge in [0.15, 0.2) is 6.29 Å². The lowest BCUT2D eigenvalue weighted by Crippen LogP contribution is -2.37. The van der Waals surface area contributed by atoms with E-state index in [9.17, 15) is 0 Å². The van der Waals surface area contributed by atoms with Crippen LogP contribution in [0.15, 0.2) is 0 Å². The van der Waals surface area contributed by atoms with E-state index in [0.29, 0.717) is 0 Å². The van der Waals surface area contributed by atoms with E-state index in [-0.39, 0.29) is 0 Å². The van der Waals surface area contributed by atoms with Crippen molar-refractivity contribution in [1.82, 2.24) is 0 Å². The lowest BCUT2D eigenvalue weighted by Gasteiger charge is -2.20. The van der Waals surface area contributed by atoms with Crippen molar-refractivity contribution in [2.45, 2.75) is 25.4 Å². The molecule has 0 aliphatic heterocycles. The Morgan fingerprint density at radius 2 is 1.73 bits per heavy atom. The Balaban J connectivity index is 3.74. The standard InChI is InChI=1S/C6H14O5/c1-4(9)11-6(3-8)5(10)2-7/h4-10H,2-3H2,1H3/t4?,5-,6?/m1/s1. The van der Waals surface area contributed by atoms with Crippen LogP contribution >= 0.6 is 0 Å². The Hall–Kier alpha value is -0.200. The topological polar surface area (TPSA) is 90.2 Å². The molecule has 0 fully saturated rings. The quantitative estimate of drug-likeness (QED) is 0.357. The predicted molar refractivity (Wildman–Crippen MR) is 36.7 cm³/mol. The van der Waals surface area contributed by atoms with Gasteiger partial charge in [-0.1, -0.05) is 0 Å². The fraction of sp³-hybridized carbons (Fsp3) is 1.00. The Morgan fingerprint density at radius 1 is 1.18 bits per heavy atom. The van der Waals surface area contributed by atoms with Crippen LogP contribution in [0.2, 0.25) is 0 Å². The maximum Gasteiger partial charge on any atom is 0.152 e. The molecule has 11 heavy (non-hydrogen) atoms. The lowest BCUT2D eigenvalue weighted by molar-refractivity contribution is -0.172. The number of ether oxygens (including phenoxy) is 1. The Morgan fingerprint density at radius 3 is 2.00 bits per heavy atom. The third-order valence-corrected chi connectivity index (χ3v) is 1.17. The molecule has 2 unspecified atom stereocenters. The van der Waals surface area contributed by atoms with Crippen molar-refractivity contribution >= 4 is 0 Å². The number of hydrogen-bond acceptors (Lipinski definition) is 5. The van der Waals surface area contributed by atoms with E-state index in [0.717, 1.165) is 0 Å². The molecule has 0 aliphatic carbocycles. The van der Waals surface area contributed by atoms with Crippen LogP contribution in [0.5, 0.6) is 0 Å². The van der Waals surface area contributed by atoms with Gasteiger partial charge in [0.1, 0.15) is 12.2 Å². The van der Waals surface area contributed by atoms with Crippen LogP contribution in [0, 0.1) is 0 Å². The minimum Gasteiger partial charge on any atom is -0.394 e. The fourth-order valence-electron chi connectivity index (χ4n) is 0.626. The van der Waals surface area contributed by atoms with E-state index < -0.39 is 31.7 Å². The molecule has 0 aliphatic rings. The second-order valence-corrected chi connectivity index (χ2v) is 2.21. The van der Waals surface area contributed by atoms with Crippen LogP contribution in [-0.4, -0.2) is 52.1 Å². The van der Waals surface area contributed by atoms with Crippen molar-refractivity contribution in [2.75, 3.05) is 13.2 Å². The van der Waals surface area contributed by atoms with E-state index in [2.05, 4.69) is 4.74 Å². The highest BCUT2D eigenvalue weighted by Gasteiger charge is 2.19. The zero-order chi connectivity index (χ0) is 8.85. The molecule has 0 amide bonds. The molecule has 5 nitrogen and oxygen atoms in total. The summed E-state index contributed by atoms with van der Waals surface area (Å²) < 4.78 is 4.65. The minimum atomic E-state index is -1.16. The van der Waals surface area contributed by atoms with Gasteiger partial charge in [0, 0.05) is 0 Å². The van der Waals surface area contributed by atoms with E-state index in [1.54, 1.807) is 0 Å². The Kier molecular flexibility index (Phi) is 5.35. The monoisotopic (exact) mass is 166 g/mol. The average molecular weight is 166 g/mol. The van der Waals surface area contributed by atoms with Crippen LogP contribution in [0.25, 0.3) is 0 Å². The molecule has 0 radical (unpaired) electrons. The molecule has 0 aromatic rings. The van der Waals surface area contributed by atoms with Gasteiger partial charge in [0.05, 0.1) is 13.2 Å². The molecule has 68 valence electrons. The molecule has 3 atom stereocenters. The molecule has 0 aromatic heterocycles. The number of rotatable bonds is 5. The van der Waals surface area contributed by atoms with Crippen molar-refractivity contribution in [2.24, 2.45) is 0 Å². The molecule has 5 heteroatoms. The van der Waals surface area contributed by atoms with Crippen LogP contribution in [0.4, 0.5) is 0 Å². The summed E-state index contributed by atoms with van der Waals surface area (Å²) in [5, 5.41) is 34.6. The maximum atomic E-state index is 8.92. The molecule has 0 bridgehead atoms. The second-order valence-electron chi connectivity index (χ2n) is 2.21. The zero-order valence-corrected chi connectivity index (χ0v) is 6.34. The highest BCUT2D eigenvalue weighted by molar-refractivity contribution is 4.66. The molecule has 0 saturated carbocycles. The summed E-state index contributed by atoms with van der Waals surface area (Å²) in [5.74, 6) is 0. The summed E-state index contributed by atoms with van der Waals surface area (Å²) in [5.41, 5.74) is 0. The first-order valence-electron chi connectivity index (χ1n) is 3.35. The second kappa shape index (κ2) is 5.45. The fourth-order valence-corrected chi connectivity index (χ4v) is 0.626. The maximum absolute atomic E-state index is 8.92. The molecule has 0 saturated heterocycles. The summed E-state index contributed by atoms with van der Waals surface area (Å²) in [4.78, 5) is 0. The van der Waals surface area contributed by atoms with E-state index in [4.69, 9.17) is 20.4 Å². The summed E-state index contributed by atoms with van der Waals surface area (Å²) in [6.45, 7) is 0.414. The summed E-state index contributed by atoms with van der Waals surface area (Å²) in [6.07, 6.45) is -3.15. The highest BCUT2D eigenvalue weighted by atomic mass is 16.6. The number of hydrogen-bond donors (Lipinski definition) is 4. The van der Waals surface area contributed by atoms with Gasteiger partial charge >= 0.3 is 0 Å². The van der Waals surface area contributed by atoms with Gasteiger partial charge in [-0.15, -0.1) is 0 Å². The van der Waals surface area contributed by atoms with Gasteiger partial charge in [-0.3, -0.25) is 0 Å². The summed E-state index contributed by atoms with van der Waals surface area (Å²) >= 11 is 0. The van der Waals surface area contributed by atoms with Crippen molar-refractivity contribution in [1.29, 1.82) is 0 Å². The largest absolute Gasteiger partial charge is 0.394 e. The molecule has 0 spiro atoms.